The largest absolute Gasteiger partial charge is 0.370 e. The van der Waals surface area contributed by atoms with Crippen LogP contribution in [0.2, 0.25) is 0 Å². The Labute approximate surface area is 160 Å². The number of nitrogens with one attached hydrogen (secondary N) is 3. The number of ether oxygens (including phenoxy) is 1. The van der Waals surface area contributed by atoms with E-state index in [1.54, 1.807) is 0 Å². The fourth-order valence-corrected chi connectivity index (χ4v) is 3.56. The molecule has 2 amide bonds. The molecule has 0 bridgehead atoms. The van der Waals surface area contributed by atoms with Crippen LogP contribution in [0.4, 0.5) is 0 Å². The average Bonchev–Trinajstić information content (AvgIpc) is 3.28. The fraction of sp³-hybridized carbons (Fsp3) is 0.737. The van der Waals surface area contributed by atoms with Gasteiger partial charge in [-0.15, -0.1) is 0 Å². The van der Waals surface area contributed by atoms with E-state index in [2.05, 4.69) is 34.7 Å². The summed E-state index contributed by atoms with van der Waals surface area (Å²) < 4.78 is 5.80. The first-order valence-electron chi connectivity index (χ1n) is 9.89. The third kappa shape index (κ3) is 5.07. The maximum absolute atomic E-state index is 12.6. The van der Waals surface area contributed by atoms with Crippen LogP contribution in [0.5, 0.6) is 0 Å². The summed E-state index contributed by atoms with van der Waals surface area (Å²) in [6.07, 6.45) is 4.85. The number of hydrogen-bond donors (Lipinski definition) is 3. The SMILES string of the molecule is CC(C)N(C)CC(=O)NCC1Cc2c(C(=O)NC3CCCC3)n[nH]c2CO1. The molecule has 8 heteroatoms. The second kappa shape index (κ2) is 8.84. The predicted molar refractivity (Wildman–Crippen MR) is 101 cm³/mol. The molecule has 1 aliphatic heterocycles. The molecule has 0 saturated heterocycles. The molecule has 1 saturated carbocycles. The van der Waals surface area contributed by atoms with Gasteiger partial charge >= 0.3 is 0 Å². The number of amides is 2. The lowest BCUT2D eigenvalue weighted by Crippen LogP contribution is -2.42. The molecule has 3 N–H and O–H groups in total. The second-order valence-corrected chi connectivity index (χ2v) is 7.93. The maximum Gasteiger partial charge on any atom is 0.272 e. The number of fused-ring (bicyclic) bond motifs is 1. The predicted octanol–water partition coefficient (Wildman–Crippen LogP) is 0.980. The van der Waals surface area contributed by atoms with Gasteiger partial charge in [-0.05, 0) is 33.7 Å². The van der Waals surface area contributed by atoms with Gasteiger partial charge < -0.3 is 15.4 Å². The minimum atomic E-state index is -0.151. The van der Waals surface area contributed by atoms with Crippen molar-refractivity contribution in [1.29, 1.82) is 0 Å². The van der Waals surface area contributed by atoms with Gasteiger partial charge in [-0.25, -0.2) is 0 Å². The van der Waals surface area contributed by atoms with Crippen molar-refractivity contribution in [2.24, 2.45) is 0 Å². The Morgan fingerprint density at radius 3 is 2.78 bits per heavy atom. The van der Waals surface area contributed by atoms with Crippen LogP contribution in [0, 0.1) is 0 Å². The van der Waals surface area contributed by atoms with Gasteiger partial charge in [-0.3, -0.25) is 19.6 Å². The smallest absolute Gasteiger partial charge is 0.272 e. The van der Waals surface area contributed by atoms with E-state index in [9.17, 15) is 9.59 Å². The molecule has 1 aromatic rings. The summed E-state index contributed by atoms with van der Waals surface area (Å²) in [5.41, 5.74) is 2.24. The van der Waals surface area contributed by atoms with Crippen LogP contribution in [0.25, 0.3) is 0 Å². The highest BCUT2D eigenvalue weighted by Gasteiger charge is 2.29. The van der Waals surface area contributed by atoms with Crippen LogP contribution < -0.4 is 10.6 Å². The van der Waals surface area contributed by atoms with Crippen molar-refractivity contribution in [1.82, 2.24) is 25.7 Å². The fourth-order valence-electron chi connectivity index (χ4n) is 3.56. The van der Waals surface area contributed by atoms with Crippen molar-refractivity contribution in [3.8, 4) is 0 Å². The van der Waals surface area contributed by atoms with Crippen LogP contribution in [0.15, 0.2) is 0 Å². The van der Waals surface area contributed by atoms with Gasteiger partial charge in [0, 0.05) is 30.6 Å². The maximum atomic E-state index is 12.6. The van der Waals surface area contributed by atoms with Crippen molar-refractivity contribution < 1.29 is 14.3 Å². The first-order valence-corrected chi connectivity index (χ1v) is 9.89. The third-order valence-electron chi connectivity index (χ3n) is 5.55. The number of aromatic nitrogens is 2. The number of aromatic amines is 1. The van der Waals surface area contributed by atoms with E-state index in [4.69, 9.17) is 4.74 Å². The van der Waals surface area contributed by atoms with Gasteiger partial charge in [0.05, 0.1) is 24.9 Å². The average molecular weight is 377 g/mol. The van der Waals surface area contributed by atoms with Crippen molar-refractivity contribution in [2.75, 3.05) is 20.1 Å². The Morgan fingerprint density at radius 1 is 1.33 bits per heavy atom. The molecule has 1 atom stereocenters. The number of carbonyl (C=O) groups is 2. The van der Waals surface area contributed by atoms with Gasteiger partial charge in [-0.2, -0.15) is 5.10 Å². The zero-order chi connectivity index (χ0) is 19.4. The van der Waals surface area contributed by atoms with Crippen molar-refractivity contribution in [2.45, 2.75) is 70.7 Å². The molecular weight excluding hydrogens is 346 g/mol. The van der Waals surface area contributed by atoms with E-state index in [0.29, 0.717) is 37.9 Å². The van der Waals surface area contributed by atoms with E-state index in [-0.39, 0.29) is 24.0 Å². The molecule has 150 valence electrons. The van der Waals surface area contributed by atoms with Gasteiger partial charge in [0.25, 0.3) is 5.91 Å². The summed E-state index contributed by atoms with van der Waals surface area (Å²) in [6.45, 7) is 5.27. The zero-order valence-electron chi connectivity index (χ0n) is 16.5. The topological polar surface area (TPSA) is 99.4 Å². The monoisotopic (exact) mass is 377 g/mol. The van der Waals surface area contributed by atoms with Crippen molar-refractivity contribution >= 4 is 11.8 Å². The molecule has 1 unspecified atom stereocenters. The van der Waals surface area contributed by atoms with Crippen LogP contribution in [-0.4, -0.2) is 65.2 Å². The lowest BCUT2D eigenvalue weighted by Gasteiger charge is -2.25. The molecular formula is C19H31N5O3. The number of carbonyl (C=O) groups excluding carboxylic acids is 2. The van der Waals surface area contributed by atoms with Crippen LogP contribution in [-0.2, 0) is 22.6 Å². The molecule has 3 rings (SSSR count). The lowest BCUT2D eigenvalue weighted by molar-refractivity contribution is -0.123. The molecule has 0 aromatic carbocycles. The first kappa shape index (κ1) is 19.8. The lowest BCUT2D eigenvalue weighted by atomic mass is 10.0. The Morgan fingerprint density at radius 2 is 2.07 bits per heavy atom. The van der Waals surface area contributed by atoms with Gasteiger partial charge in [0.2, 0.25) is 5.91 Å². The van der Waals surface area contributed by atoms with Gasteiger partial charge in [0.1, 0.15) is 0 Å². The molecule has 1 fully saturated rings. The molecule has 8 nitrogen and oxygen atoms in total. The highest BCUT2D eigenvalue weighted by molar-refractivity contribution is 5.94. The number of hydrogen-bond acceptors (Lipinski definition) is 5. The number of H-pyrrole nitrogens is 1. The minimum Gasteiger partial charge on any atom is -0.370 e. The summed E-state index contributed by atoms with van der Waals surface area (Å²) >= 11 is 0. The van der Waals surface area contributed by atoms with Gasteiger partial charge in [0.15, 0.2) is 5.69 Å². The van der Waals surface area contributed by atoms with E-state index in [1.807, 2.05) is 11.9 Å². The number of likely N-dealkylation sites (N-methyl/N-ethyl adjacent to an activating group) is 1. The van der Waals surface area contributed by atoms with E-state index >= 15 is 0 Å². The summed E-state index contributed by atoms with van der Waals surface area (Å²) in [4.78, 5) is 26.6. The molecule has 0 spiro atoms. The Bertz CT molecular complexity index is 666. The third-order valence-corrected chi connectivity index (χ3v) is 5.55. The zero-order valence-corrected chi connectivity index (χ0v) is 16.5. The van der Waals surface area contributed by atoms with Crippen LogP contribution >= 0.6 is 0 Å². The molecule has 1 aliphatic carbocycles. The van der Waals surface area contributed by atoms with Gasteiger partial charge in [-0.1, -0.05) is 12.8 Å². The van der Waals surface area contributed by atoms with Crippen LogP contribution in [0.1, 0.15) is 61.3 Å². The molecule has 27 heavy (non-hydrogen) atoms. The Kier molecular flexibility index (Phi) is 6.49. The van der Waals surface area contributed by atoms with Crippen molar-refractivity contribution in [3.63, 3.8) is 0 Å². The molecule has 2 heterocycles. The van der Waals surface area contributed by atoms with Crippen LogP contribution in [0.3, 0.4) is 0 Å². The quantitative estimate of drug-likeness (QED) is 0.658. The van der Waals surface area contributed by atoms with E-state index in [1.165, 1.54) is 12.8 Å². The number of nitrogens with zero attached hydrogens (tertiary/aromatic N) is 2. The summed E-state index contributed by atoms with van der Waals surface area (Å²) in [6, 6.07) is 0.578. The minimum absolute atomic E-state index is 0.0213. The normalized spacial score (nSPS) is 20.1. The highest BCUT2D eigenvalue weighted by Crippen LogP contribution is 2.23. The summed E-state index contributed by atoms with van der Waals surface area (Å²) in [5.74, 6) is -0.130. The second-order valence-electron chi connectivity index (χ2n) is 7.93. The Hall–Kier alpha value is -1.93. The standard InChI is InChI=1S/C19H31N5O3/c1-12(2)24(3)10-17(25)20-9-14-8-15-16(11-27-14)22-23-18(15)19(26)21-13-6-4-5-7-13/h12-14H,4-11H2,1-3H3,(H,20,25)(H,21,26)(H,22,23). The van der Waals surface area contributed by atoms with E-state index < -0.39 is 0 Å². The summed E-state index contributed by atoms with van der Waals surface area (Å²) in [7, 11) is 1.92. The van der Waals surface area contributed by atoms with E-state index in [0.717, 1.165) is 24.1 Å². The number of rotatable bonds is 7. The summed E-state index contributed by atoms with van der Waals surface area (Å²) in [5, 5.41) is 13.2. The van der Waals surface area contributed by atoms with Crippen molar-refractivity contribution in [3.05, 3.63) is 17.0 Å². The highest BCUT2D eigenvalue weighted by atomic mass is 16.5. The Balaban J connectivity index is 1.53. The first-order chi connectivity index (χ1) is 12.9. The molecule has 0 radical (unpaired) electrons. The molecule has 1 aromatic heterocycles. The molecule has 2 aliphatic rings.